The third-order valence-corrected chi connectivity index (χ3v) is 4.59. The van der Waals surface area contributed by atoms with Crippen molar-refractivity contribution >= 4 is 5.91 Å². The molecular formula is C14H23N5O5. The summed E-state index contributed by atoms with van der Waals surface area (Å²) in [5, 5.41) is 32.4. The lowest BCUT2D eigenvalue weighted by Crippen LogP contribution is -2.67. The zero-order valence-corrected chi connectivity index (χ0v) is 13.1. The fourth-order valence-electron chi connectivity index (χ4n) is 3.22. The minimum atomic E-state index is -2.19. The lowest BCUT2D eigenvalue weighted by molar-refractivity contribution is -0.181. The molecule has 1 unspecified atom stereocenters. The van der Waals surface area contributed by atoms with Crippen molar-refractivity contribution in [1.29, 1.82) is 0 Å². The van der Waals surface area contributed by atoms with Crippen LogP contribution in [0.1, 0.15) is 31.2 Å². The standard InChI is InChI=1S/C14H23N5O5/c15-12(22)14(13(23)18-19-6-2-1-3-7-19)10(21)8(20)9(24-14)11-16-4-5-17-11/h4-5,8-10,12,20-22H,1-3,6-7,15H2,(H,16,17)(H,18,23)/t8-,9+,10-,12?,14-/m0/s1. The highest BCUT2D eigenvalue weighted by molar-refractivity contribution is 5.87. The average Bonchev–Trinajstić information content (AvgIpc) is 3.17. The number of aromatic amines is 1. The lowest BCUT2D eigenvalue weighted by Gasteiger charge is -2.36. The van der Waals surface area contributed by atoms with Crippen molar-refractivity contribution in [3.8, 4) is 0 Å². The van der Waals surface area contributed by atoms with Gasteiger partial charge in [0.15, 0.2) is 0 Å². The van der Waals surface area contributed by atoms with Crippen LogP contribution in [-0.2, 0) is 9.53 Å². The Bertz CT molecular complexity index is 562. The number of rotatable bonds is 4. The van der Waals surface area contributed by atoms with Crippen LogP contribution in [0.4, 0.5) is 0 Å². The molecule has 1 aromatic rings. The number of carbonyl (C=O) groups is 1. The van der Waals surface area contributed by atoms with Gasteiger partial charge in [-0.05, 0) is 12.8 Å². The van der Waals surface area contributed by atoms with Crippen LogP contribution in [0.25, 0.3) is 0 Å². The van der Waals surface area contributed by atoms with Crippen LogP contribution in [-0.4, -0.2) is 73.3 Å². The molecule has 24 heavy (non-hydrogen) atoms. The van der Waals surface area contributed by atoms with Crippen LogP contribution in [0.2, 0.25) is 0 Å². The first-order valence-corrected chi connectivity index (χ1v) is 7.99. The Morgan fingerprint density at radius 3 is 2.75 bits per heavy atom. The van der Waals surface area contributed by atoms with Gasteiger partial charge in [-0.15, -0.1) is 0 Å². The molecule has 1 amide bonds. The molecule has 3 rings (SSSR count). The number of nitrogens with two attached hydrogens (primary N) is 1. The van der Waals surface area contributed by atoms with E-state index in [2.05, 4.69) is 15.4 Å². The molecule has 0 spiro atoms. The van der Waals surface area contributed by atoms with E-state index in [1.807, 2.05) is 0 Å². The molecule has 0 aliphatic carbocycles. The number of amides is 1. The lowest BCUT2D eigenvalue weighted by atomic mass is 9.91. The number of hydrazine groups is 1. The zero-order chi connectivity index (χ0) is 17.3. The summed E-state index contributed by atoms with van der Waals surface area (Å²) < 4.78 is 5.58. The number of carbonyl (C=O) groups excluding carboxylic acids is 1. The molecule has 1 aromatic heterocycles. The number of hydrogen-bond donors (Lipinski definition) is 6. The predicted octanol–water partition coefficient (Wildman–Crippen LogP) is -2.26. The van der Waals surface area contributed by atoms with E-state index < -0.39 is 36.0 Å². The molecule has 0 bridgehead atoms. The smallest absolute Gasteiger partial charge is 0.273 e. The zero-order valence-electron chi connectivity index (χ0n) is 13.1. The number of hydrogen-bond acceptors (Lipinski definition) is 8. The molecule has 134 valence electrons. The summed E-state index contributed by atoms with van der Waals surface area (Å²) in [6, 6.07) is 0. The van der Waals surface area contributed by atoms with Crippen molar-refractivity contribution in [3.63, 3.8) is 0 Å². The first-order chi connectivity index (χ1) is 11.5. The van der Waals surface area contributed by atoms with Crippen LogP contribution in [0.15, 0.2) is 12.4 Å². The van der Waals surface area contributed by atoms with E-state index in [1.54, 1.807) is 5.01 Å². The van der Waals surface area contributed by atoms with E-state index in [0.717, 1.165) is 19.3 Å². The first kappa shape index (κ1) is 17.3. The number of H-pyrrole nitrogens is 1. The van der Waals surface area contributed by atoms with E-state index in [9.17, 15) is 20.1 Å². The maximum Gasteiger partial charge on any atom is 0.273 e. The number of imidazole rings is 1. The summed E-state index contributed by atoms with van der Waals surface area (Å²) in [6.45, 7) is 1.31. The van der Waals surface area contributed by atoms with Gasteiger partial charge in [-0.2, -0.15) is 0 Å². The highest BCUT2D eigenvalue weighted by atomic mass is 16.6. The van der Waals surface area contributed by atoms with Crippen LogP contribution >= 0.6 is 0 Å². The normalized spacial score (nSPS) is 35.8. The van der Waals surface area contributed by atoms with Crippen molar-refractivity contribution in [2.24, 2.45) is 5.73 Å². The molecule has 10 heteroatoms. The topological polar surface area (TPSA) is 157 Å². The summed E-state index contributed by atoms with van der Waals surface area (Å²) in [4.78, 5) is 19.5. The fraction of sp³-hybridized carbons (Fsp3) is 0.714. The fourth-order valence-corrected chi connectivity index (χ4v) is 3.22. The van der Waals surface area contributed by atoms with Gasteiger partial charge in [-0.1, -0.05) is 6.42 Å². The van der Waals surface area contributed by atoms with Gasteiger partial charge < -0.3 is 30.8 Å². The molecule has 10 nitrogen and oxygen atoms in total. The van der Waals surface area contributed by atoms with Crippen LogP contribution < -0.4 is 11.2 Å². The first-order valence-electron chi connectivity index (χ1n) is 7.99. The number of aliphatic hydroxyl groups is 3. The maximum atomic E-state index is 12.7. The summed E-state index contributed by atoms with van der Waals surface area (Å²) in [5.41, 5.74) is 6.00. The minimum Gasteiger partial charge on any atom is -0.387 e. The Morgan fingerprint density at radius 2 is 2.17 bits per heavy atom. The molecule has 2 aliphatic heterocycles. The molecule has 2 saturated heterocycles. The summed E-state index contributed by atoms with van der Waals surface area (Å²) >= 11 is 0. The number of nitrogens with zero attached hydrogens (tertiary/aromatic N) is 2. The van der Waals surface area contributed by atoms with Crippen molar-refractivity contribution in [1.82, 2.24) is 20.4 Å². The minimum absolute atomic E-state index is 0.231. The number of ether oxygens (including phenoxy) is 1. The molecule has 2 fully saturated rings. The third kappa shape index (κ3) is 2.81. The third-order valence-electron chi connectivity index (χ3n) is 4.59. The quantitative estimate of drug-likeness (QED) is 0.335. The largest absolute Gasteiger partial charge is 0.387 e. The Morgan fingerprint density at radius 1 is 1.46 bits per heavy atom. The van der Waals surface area contributed by atoms with Gasteiger partial charge in [0.2, 0.25) is 5.60 Å². The molecule has 0 radical (unpaired) electrons. The molecular weight excluding hydrogens is 318 g/mol. The Balaban J connectivity index is 1.83. The van der Waals surface area contributed by atoms with E-state index in [0.29, 0.717) is 13.1 Å². The SMILES string of the molecule is NC(O)[C@@]1(C(=O)NN2CCCCC2)O[C@@H](c2ncc[nH]2)[C@H](O)[C@@H]1O. The maximum absolute atomic E-state index is 12.7. The van der Waals surface area contributed by atoms with Crippen molar-refractivity contribution in [2.45, 2.75) is 49.4 Å². The molecule has 2 aliphatic rings. The van der Waals surface area contributed by atoms with Crippen molar-refractivity contribution in [3.05, 3.63) is 18.2 Å². The van der Waals surface area contributed by atoms with Gasteiger partial charge in [-0.25, -0.2) is 9.99 Å². The highest BCUT2D eigenvalue weighted by Crippen LogP contribution is 2.40. The average molecular weight is 341 g/mol. The Kier molecular flexibility index (Phi) is 4.85. The Hall–Kier alpha value is -1.56. The van der Waals surface area contributed by atoms with E-state index >= 15 is 0 Å². The van der Waals surface area contributed by atoms with Crippen molar-refractivity contribution in [2.75, 3.05) is 13.1 Å². The summed E-state index contributed by atoms with van der Waals surface area (Å²) in [7, 11) is 0. The summed E-state index contributed by atoms with van der Waals surface area (Å²) in [5.74, 6) is -0.560. The number of nitrogens with one attached hydrogen (secondary N) is 2. The number of aromatic nitrogens is 2. The molecule has 5 atom stereocenters. The van der Waals surface area contributed by atoms with Crippen LogP contribution in [0.5, 0.6) is 0 Å². The van der Waals surface area contributed by atoms with Gasteiger partial charge in [0, 0.05) is 25.5 Å². The molecule has 0 saturated carbocycles. The Labute approximate surface area is 138 Å². The van der Waals surface area contributed by atoms with Crippen molar-refractivity contribution < 1.29 is 24.9 Å². The number of aliphatic hydroxyl groups excluding tert-OH is 3. The second-order valence-electron chi connectivity index (χ2n) is 6.17. The molecule has 0 aromatic carbocycles. The number of piperidine rings is 1. The van der Waals surface area contributed by atoms with E-state index in [4.69, 9.17) is 10.5 Å². The van der Waals surface area contributed by atoms with Gasteiger partial charge in [0.05, 0.1) is 0 Å². The van der Waals surface area contributed by atoms with Gasteiger partial charge in [0.25, 0.3) is 5.91 Å². The second kappa shape index (κ2) is 6.75. The second-order valence-corrected chi connectivity index (χ2v) is 6.17. The van der Waals surface area contributed by atoms with E-state index in [-0.39, 0.29) is 5.82 Å². The predicted molar refractivity (Wildman–Crippen MR) is 80.9 cm³/mol. The monoisotopic (exact) mass is 341 g/mol. The van der Waals surface area contributed by atoms with Gasteiger partial charge >= 0.3 is 0 Å². The van der Waals surface area contributed by atoms with Crippen LogP contribution in [0, 0.1) is 0 Å². The molecule has 7 N–H and O–H groups in total. The summed E-state index contributed by atoms with van der Waals surface area (Å²) in [6.07, 6.45) is -0.213. The van der Waals surface area contributed by atoms with Crippen LogP contribution in [0.3, 0.4) is 0 Å². The van der Waals surface area contributed by atoms with Gasteiger partial charge in [0.1, 0.15) is 30.4 Å². The van der Waals surface area contributed by atoms with E-state index in [1.165, 1.54) is 12.4 Å². The highest BCUT2D eigenvalue weighted by Gasteiger charge is 2.63. The van der Waals surface area contributed by atoms with Gasteiger partial charge in [-0.3, -0.25) is 10.2 Å². The molecule has 3 heterocycles.